The molecule has 1 nitrogen and oxygen atoms in total. The van der Waals surface area contributed by atoms with Gasteiger partial charge in [-0.15, -0.1) is 23.2 Å². The van der Waals surface area contributed by atoms with E-state index in [9.17, 15) is 0 Å². The van der Waals surface area contributed by atoms with E-state index in [0.717, 1.165) is 0 Å². The fraction of sp³-hybridized carbons (Fsp3) is 1.00. The lowest BCUT2D eigenvalue weighted by molar-refractivity contribution is 0.0645. The highest BCUT2D eigenvalue weighted by atomic mass is 35.5. The summed E-state index contributed by atoms with van der Waals surface area (Å²) in [5, 5.41) is 3.78. The van der Waals surface area contributed by atoms with E-state index in [1.165, 1.54) is 32.1 Å². The minimum absolute atomic E-state index is 0.132. The molecule has 0 amide bonds. The van der Waals surface area contributed by atoms with E-state index >= 15 is 0 Å². The lowest BCUT2D eigenvalue weighted by Gasteiger charge is -2.44. The van der Waals surface area contributed by atoms with E-state index in [-0.39, 0.29) is 10.8 Å². The predicted octanol–water partition coefficient (Wildman–Crippen LogP) is 4.52. The van der Waals surface area contributed by atoms with Gasteiger partial charge in [0.25, 0.3) is 0 Å². The van der Waals surface area contributed by atoms with Crippen LogP contribution in [-0.2, 0) is 0 Å². The Bertz CT molecular complexity index is 460. The van der Waals surface area contributed by atoms with Gasteiger partial charge in [-0.05, 0) is 43.9 Å². The molecular formula is C16H25Cl2N. The second-order valence-corrected chi connectivity index (χ2v) is 10.1. The van der Waals surface area contributed by atoms with Gasteiger partial charge in [-0.1, -0.05) is 27.2 Å². The first-order chi connectivity index (χ1) is 8.63. The molecule has 3 aliphatic carbocycles. The van der Waals surface area contributed by atoms with Gasteiger partial charge in [-0.25, -0.2) is 0 Å². The van der Waals surface area contributed by atoms with Crippen molar-refractivity contribution in [2.45, 2.75) is 75.7 Å². The molecule has 0 radical (unpaired) electrons. The monoisotopic (exact) mass is 301 g/mol. The van der Waals surface area contributed by atoms with Gasteiger partial charge in [-0.2, -0.15) is 0 Å². The first-order valence-corrected chi connectivity index (χ1v) is 8.54. The molecule has 19 heavy (non-hydrogen) atoms. The number of nitrogens with one attached hydrogen (secondary N) is 1. The van der Waals surface area contributed by atoms with Crippen molar-refractivity contribution in [1.29, 1.82) is 0 Å². The van der Waals surface area contributed by atoms with Crippen LogP contribution in [0.25, 0.3) is 0 Å². The zero-order valence-corrected chi connectivity index (χ0v) is 14.0. The molecule has 3 heteroatoms. The smallest absolute Gasteiger partial charge is 0.130 e. The molecule has 0 aromatic carbocycles. The second-order valence-electron chi connectivity index (χ2n) is 8.74. The highest BCUT2D eigenvalue weighted by molar-refractivity contribution is 6.52. The number of halogens is 2. The molecule has 3 saturated carbocycles. The molecule has 4 aliphatic rings. The molecule has 4 fully saturated rings. The average molecular weight is 302 g/mol. The van der Waals surface area contributed by atoms with Gasteiger partial charge in [0.05, 0.1) is 0 Å². The summed E-state index contributed by atoms with van der Waals surface area (Å²) in [6.45, 7) is 9.62. The van der Waals surface area contributed by atoms with Gasteiger partial charge in [0.15, 0.2) is 0 Å². The zero-order chi connectivity index (χ0) is 13.9. The normalized spacial score (nSPS) is 60.3. The maximum atomic E-state index is 6.89. The Morgan fingerprint density at radius 1 is 0.947 bits per heavy atom. The lowest BCUT2D eigenvalue weighted by atomic mass is 9.59. The van der Waals surface area contributed by atoms with Gasteiger partial charge >= 0.3 is 0 Å². The highest BCUT2D eigenvalue weighted by Crippen LogP contribution is 2.89. The van der Waals surface area contributed by atoms with Gasteiger partial charge < -0.3 is 5.32 Å². The summed E-state index contributed by atoms with van der Waals surface area (Å²) >= 11 is 13.8. The minimum atomic E-state index is -0.506. The SMILES string of the molecule is CC1(C)CCC[C@@]2(C)C(Cl)(Cl)[C@]23CC[C@@]2(C)N[C@H]2[C@H]13. The molecule has 1 heterocycles. The summed E-state index contributed by atoms with van der Waals surface area (Å²) in [6, 6.07) is 0.632. The maximum absolute atomic E-state index is 6.89. The van der Waals surface area contributed by atoms with E-state index in [1.807, 2.05) is 0 Å². The molecule has 1 saturated heterocycles. The molecule has 0 bridgehead atoms. The Morgan fingerprint density at radius 2 is 1.63 bits per heavy atom. The first-order valence-electron chi connectivity index (χ1n) is 7.78. The molecule has 1 aliphatic heterocycles. The zero-order valence-electron chi connectivity index (χ0n) is 12.4. The third-order valence-electron chi connectivity index (χ3n) is 7.51. The van der Waals surface area contributed by atoms with E-state index in [2.05, 4.69) is 33.0 Å². The fourth-order valence-corrected chi connectivity index (χ4v) is 7.48. The van der Waals surface area contributed by atoms with Crippen molar-refractivity contribution < 1.29 is 0 Å². The van der Waals surface area contributed by atoms with E-state index < -0.39 is 4.33 Å². The summed E-state index contributed by atoms with van der Waals surface area (Å²) in [5.74, 6) is 0.626. The van der Waals surface area contributed by atoms with E-state index in [0.29, 0.717) is 22.9 Å². The summed E-state index contributed by atoms with van der Waals surface area (Å²) < 4.78 is -0.506. The van der Waals surface area contributed by atoms with Crippen molar-refractivity contribution in [2.24, 2.45) is 22.2 Å². The van der Waals surface area contributed by atoms with Crippen LogP contribution in [0.15, 0.2) is 0 Å². The topological polar surface area (TPSA) is 21.9 Å². The van der Waals surface area contributed by atoms with Gasteiger partial charge in [0.1, 0.15) is 4.33 Å². The van der Waals surface area contributed by atoms with E-state index in [4.69, 9.17) is 23.2 Å². The Morgan fingerprint density at radius 3 is 2.32 bits per heavy atom. The third kappa shape index (κ3) is 1.18. The molecule has 4 rings (SSSR count). The first kappa shape index (κ1) is 13.2. The van der Waals surface area contributed by atoms with Crippen LogP contribution < -0.4 is 5.32 Å². The number of rotatable bonds is 0. The number of fused-ring (bicyclic) bond motifs is 2. The molecule has 108 valence electrons. The Labute approximate surface area is 126 Å². The van der Waals surface area contributed by atoms with Crippen LogP contribution in [0.5, 0.6) is 0 Å². The average Bonchev–Trinajstić information content (AvgIpc) is 3.06. The van der Waals surface area contributed by atoms with Crippen molar-refractivity contribution >= 4 is 23.2 Å². The van der Waals surface area contributed by atoms with E-state index in [1.54, 1.807) is 0 Å². The Kier molecular flexibility index (Phi) is 2.19. The number of alkyl halides is 2. The summed E-state index contributed by atoms with van der Waals surface area (Å²) in [6.07, 6.45) is 6.22. The molecular weight excluding hydrogens is 277 g/mol. The standard InChI is InChI=1S/C16H25Cl2N/c1-12(2)6-5-7-14(4)15(16(14,17)18)9-8-13(3)11(19-13)10(12)15/h10-11,19H,5-9H2,1-4H3/t10-,11+,13-,14-,15+/m1/s1. The van der Waals surface area contributed by atoms with Crippen molar-refractivity contribution in [1.82, 2.24) is 5.32 Å². The van der Waals surface area contributed by atoms with Crippen molar-refractivity contribution in [3.8, 4) is 0 Å². The van der Waals surface area contributed by atoms with Gasteiger partial charge in [-0.3, -0.25) is 0 Å². The largest absolute Gasteiger partial charge is 0.305 e. The van der Waals surface area contributed by atoms with Gasteiger partial charge in [0, 0.05) is 22.4 Å². The predicted molar refractivity (Wildman–Crippen MR) is 80.7 cm³/mol. The summed E-state index contributed by atoms with van der Waals surface area (Å²) in [4.78, 5) is 0. The quantitative estimate of drug-likeness (QED) is 0.516. The van der Waals surface area contributed by atoms with Crippen LogP contribution in [0, 0.1) is 22.2 Å². The van der Waals surface area contributed by atoms with Crippen LogP contribution in [0.4, 0.5) is 0 Å². The number of hydrogen-bond acceptors (Lipinski definition) is 1. The van der Waals surface area contributed by atoms with Crippen LogP contribution >= 0.6 is 23.2 Å². The van der Waals surface area contributed by atoms with Crippen LogP contribution in [0.2, 0.25) is 0 Å². The minimum Gasteiger partial charge on any atom is -0.305 e. The van der Waals surface area contributed by atoms with Crippen molar-refractivity contribution in [3.05, 3.63) is 0 Å². The van der Waals surface area contributed by atoms with Crippen LogP contribution in [-0.4, -0.2) is 15.9 Å². The Hall–Kier alpha value is 0.540. The molecule has 1 spiro atoms. The van der Waals surface area contributed by atoms with Crippen LogP contribution in [0.3, 0.4) is 0 Å². The molecule has 1 N–H and O–H groups in total. The van der Waals surface area contributed by atoms with Crippen LogP contribution in [0.1, 0.15) is 59.8 Å². The summed E-state index contributed by atoms with van der Waals surface area (Å²) in [5.41, 5.74) is 0.994. The van der Waals surface area contributed by atoms with Crippen molar-refractivity contribution in [2.75, 3.05) is 0 Å². The summed E-state index contributed by atoms with van der Waals surface area (Å²) in [7, 11) is 0. The maximum Gasteiger partial charge on any atom is 0.130 e. The second kappa shape index (κ2) is 3.15. The molecule has 5 atom stereocenters. The van der Waals surface area contributed by atoms with Gasteiger partial charge in [0.2, 0.25) is 0 Å². The lowest BCUT2D eigenvalue weighted by Crippen LogP contribution is -2.44. The molecule has 0 unspecified atom stereocenters. The van der Waals surface area contributed by atoms with Crippen molar-refractivity contribution in [3.63, 3.8) is 0 Å². The fourth-order valence-electron chi connectivity index (χ4n) is 6.20. The Balaban J connectivity index is 1.86. The number of hydrogen-bond donors (Lipinski definition) is 1. The molecule has 0 aromatic rings. The highest BCUT2D eigenvalue weighted by Gasteiger charge is 2.90. The molecule has 0 aromatic heterocycles. The third-order valence-corrected chi connectivity index (χ3v) is 9.02.